The summed E-state index contributed by atoms with van der Waals surface area (Å²) < 4.78 is 5.12. The molecule has 1 aromatic rings. The van der Waals surface area contributed by atoms with Crippen LogP contribution in [0.4, 0.5) is 0 Å². The zero-order valence-corrected chi connectivity index (χ0v) is 14.7. The van der Waals surface area contributed by atoms with Crippen LogP contribution in [-0.4, -0.2) is 59.7 Å². The van der Waals surface area contributed by atoms with Gasteiger partial charge in [-0.15, -0.1) is 0 Å². The summed E-state index contributed by atoms with van der Waals surface area (Å²) in [5.41, 5.74) is -0.539. The normalized spacial score (nSPS) is 16.7. The lowest BCUT2D eigenvalue weighted by molar-refractivity contribution is -0.139. The van der Waals surface area contributed by atoms with Gasteiger partial charge in [-0.2, -0.15) is 0 Å². The topological polar surface area (TPSA) is 82.9 Å². The molecule has 1 fully saturated rings. The van der Waals surface area contributed by atoms with Crippen LogP contribution in [0.15, 0.2) is 22.8 Å². The zero-order chi connectivity index (χ0) is 17.9. The Morgan fingerprint density at radius 2 is 1.71 bits per heavy atom. The monoisotopic (exact) mass is 335 g/mol. The summed E-state index contributed by atoms with van der Waals surface area (Å²) >= 11 is 0. The second-order valence-corrected chi connectivity index (χ2v) is 7.04. The van der Waals surface area contributed by atoms with Gasteiger partial charge >= 0.3 is 0 Å². The van der Waals surface area contributed by atoms with Crippen LogP contribution in [0.5, 0.6) is 0 Å². The molecular weight excluding hydrogens is 310 g/mol. The Balaban J connectivity index is 1.86. The Morgan fingerprint density at radius 3 is 2.21 bits per heavy atom. The van der Waals surface area contributed by atoms with E-state index < -0.39 is 11.5 Å². The maximum atomic E-state index is 12.5. The van der Waals surface area contributed by atoms with Crippen LogP contribution in [0.3, 0.4) is 0 Å². The second-order valence-electron chi connectivity index (χ2n) is 7.04. The van der Waals surface area contributed by atoms with Gasteiger partial charge in [-0.3, -0.25) is 14.4 Å². The number of hydrogen-bond donors (Lipinski definition) is 1. The Hall–Kier alpha value is -2.31. The largest absolute Gasteiger partial charge is 0.459 e. The highest BCUT2D eigenvalue weighted by atomic mass is 16.3. The summed E-state index contributed by atoms with van der Waals surface area (Å²) in [7, 11) is 0. The van der Waals surface area contributed by atoms with Crippen LogP contribution in [0.2, 0.25) is 0 Å². The van der Waals surface area contributed by atoms with E-state index in [0.29, 0.717) is 31.9 Å². The molecule has 0 bridgehead atoms. The molecular formula is C17H25N3O4. The highest BCUT2D eigenvalue weighted by Crippen LogP contribution is 2.14. The molecule has 1 unspecified atom stereocenters. The van der Waals surface area contributed by atoms with E-state index in [2.05, 4.69) is 5.32 Å². The first-order valence-corrected chi connectivity index (χ1v) is 8.12. The van der Waals surface area contributed by atoms with E-state index in [1.807, 2.05) is 0 Å². The smallest absolute Gasteiger partial charge is 0.289 e. The van der Waals surface area contributed by atoms with Crippen molar-refractivity contribution in [3.63, 3.8) is 0 Å². The third-order valence-electron chi connectivity index (χ3n) is 4.01. The fraction of sp³-hybridized carbons (Fsp3) is 0.588. The van der Waals surface area contributed by atoms with E-state index in [0.717, 1.165) is 0 Å². The van der Waals surface area contributed by atoms with Crippen LogP contribution >= 0.6 is 0 Å². The predicted molar refractivity (Wildman–Crippen MR) is 88.3 cm³/mol. The van der Waals surface area contributed by atoms with Gasteiger partial charge in [0.05, 0.1) is 6.26 Å². The molecule has 132 valence electrons. The second kappa shape index (κ2) is 7.07. The third-order valence-corrected chi connectivity index (χ3v) is 4.01. The van der Waals surface area contributed by atoms with Gasteiger partial charge in [0.15, 0.2) is 5.76 Å². The Kier molecular flexibility index (Phi) is 5.31. The van der Waals surface area contributed by atoms with Gasteiger partial charge in [0.1, 0.15) is 6.04 Å². The van der Waals surface area contributed by atoms with Crippen molar-refractivity contribution in [1.29, 1.82) is 0 Å². The van der Waals surface area contributed by atoms with Crippen molar-refractivity contribution in [2.24, 2.45) is 5.41 Å². The van der Waals surface area contributed by atoms with E-state index in [1.54, 1.807) is 49.6 Å². The van der Waals surface area contributed by atoms with Gasteiger partial charge in [-0.05, 0) is 19.1 Å². The number of amides is 3. The van der Waals surface area contributed by atoms with E-state index in [4.69, 9.17) is 4.42 Å². The van der Waals surface area contributed by atoms with E-state index in [9.17, 15) is 14.4 Å². The molecule has 0 aliphatic carbocycles. The fourth-order valence-electron chi connectivity index (χ4n) is 2.43. The van der Waals surface area contributed by atoms with Gasteiger partial charge < -0.3 is 19.5 Å². The number of carbonyl (C=O) groups is 3. The predicted octanol–water partition coefficient (Wildman–Crippen LogP) is 1.11. The Bertz CT molecular complexity index is 596. The number of nitrogens with one attached hydrogen (secondary N) is 1. The highest BCUT2D eigenvalue weighted by molar-refractivity contribution is 5.92. The van der Waals surface area contributed by atoms with Crippen molar-refractivity contribution in [2.75, 3.05) is 26.2 Å². The molecule has 24 heavy (non-hydrogen) atoms. The minimum Gasteiger partial charge on any atom is -0.459 e. The zero-order valence-electron chi connectivity index (χ0n) is 14.7. The van der Waals surface area contributed by atoms with E-state index in [1.165, 1.54) is 6.26 Å². The van der Waals surface area contributed by atoms with Crippen molar-refractivity contribution >= 4 is 17.7 Å². The number of rotatable bonds is 3. The van der Waals surface area contributed by atoms with Crippen molar-refractivity contribution < 1.29 is 18.8 Å². The molecule has 0 radical (unpaired) electrons. The SMILES string of the molecule is CC(NC(=O)C(C)(C)C)C(=O)N1CCN(C(=O)c2ccco2)CC1. The molecule has 3 amide bonds. The summed E-state index contributed by atoms with van der Waals surface area (Å²) in [6, 6.07) is 2.72. The lowest BCUT2D eigenvalue weighted by atomic mass is 9.95. The molecule has 2 heterocycles. The Morgan fingerprint density at radius 1 is 1.12 bits per heavy atom. The van der Waals surface area contributed by atoms with Gasteiger partial charge in [0, 0.05) is 31.6 Å². The van der Waals surface area contributed by atoms with Gasteiger partial charge in [0.2, 0.25) is 11.8 Å². The van der Waals surface area contributed by atoms with Gasteiger partial charge in [0.25, 0.3) is 5.91 Å². The molecule has 1 aliphatic rings. The number of carbonyl (C=O) groups excluding carboxylic acids is 3. The summed E-state index contributed by atoms with van der Waals surface area (Å²) in [6.07, 6.45) is 1.46. The maximum Gasteiger partial charge on any atom is 0.289 e. The standard InChI is InChI=1S/C17H25N3O4/c1-12(18-16(23)17(2,3)4)14(21)19-7-9-20(10-8-19)15(22)13-6-5-11-24-13/h5-6,11-12H,7-10H2,1-4H3,(H,18,23). The average molecular weight is 335 g/mol. The van der Waals surface area contributed by atoms with Crippen LogP contribution in [-0.2, 0) is 9.59 Å². The maximum absolute atomic E-state index is 12.5. The quantitative estimate of drug-likeness (QED) is 0.897. The van der Waals surface area contributed by atoms with Gasteiger partial charge in [-0.1, -0.05) is 20.8 Å². The lowest BCUT2D eigenvalue weighted by Gasteiger charge is -2.36. The van der Waals surface area contributed by atoms with Crippen molar-refractivity contribution in [1.82, 2.24) is 15.1 Å². The molecule has 0 spiro atoms. The average Bonchev–Trinajstić information content (AvgIpc) is 3.07. The van der Waals surface area contributed by atoms with Gasteiger partial charge in [-0.25, -0.2) is 0 Å². The van der Waals surface area contributed by atoms with Crippen LogP contribution < -0.4 is 5.32 Å². The fourth-order valence-corrected chi connectivity index (χ4v) is 2.43. The molecule has 0 aromatic carbocycles. The van der Waals surface area contributed by atoms with E-state index >= 15 is 0 Å². The molecule has 1 N–H and O–H groups in total. The minimum absolute atomic E-state index is 0.127. The molecule has 7 heteroatoms. The first kappa shape index (κ1) is 18.0. The molecule has 7 nitrogen and oxygen atoms in total. The molecule has 1 aliphatic heterocycles. The number of hydrogen-bond acceptors (Lipinski definition) is 4. The first-order chi connectivity index (χ1) is 11.2. The lowest BCUT2D eigenvalue weighted by Crippen LogP contribution is -2.55. The summed E-state index contributed by atoms with van der Waals surface area (Å²) in [5.74, 6) is -0.144. The van der Waals surface area contributed by atoms with Crippen molar-refractivity contribution in [2.45, 2.75) is 33.7 Å². The summed E-state index contributed by atoms with van der Waals surface area (Å²) in [5, 5.41) is 2.75. The van der Waals surface area contributed by atoms with Crippen molar-refractivity contribution in [3.05, 3.63) is 24.2 Å². The molecule has 1 atom stereocenters. The number of furan rings is 1. The highest BCUT2D eigenvalue weighted by Gasteiger charge is 2.30. The van der Waals surface area contributed by atoms with Crippen LogP contribution in [0, 0.1) is 5.41 Å². The molecule has 1 saturated heterocycles. The summed E-state index contributed by atoms with van der Waals surface area (Å²) in [6.45, 7) is 8.89. The Labute approximate surface area is 142 Å². The third kappa shape index (κ3) is 4.15. The molecule has 1 aromatic heterocycles. The van der Waals surface area contributed by atoms with E-state index in [-0.39, 0.29) is 17.7 Å². The molecule has 2 rings (SSSR count). The summed E-state index contributed by atoms with van der Waals surface area (Å²) in [4.78, 5) is 40.0. The first-order valence-electron chi connectivity index (χ1n) is 8.12. The number of piperazine rings is 1. The molecule has 0 saturated carbocycles. The van der Waals surface area contributed by atoms with Crippen LogP contribution in [0.1, 0.15) is 38.2 Å². The minimum atomic E-state index is -0.580. The number of nitrogens with zero attached hydrogens (tertiary/aromatic N) is 2. The van der Waals surface area contributed by atoms with Crippen LogP contribution in [0.25, 0.3) is 0 Å². The van der Waals surface area contributed by atoms with Crippen molar-refractivity contribution in [3.8, 4) is 0 Å².